The van der Waals surface area contributed by atoms with Crippen molar-refractivity contribution in [1.82, 2.24) is 25.8 Å². The highest BCUT2D eigenvalue weighted by molar-refractivity contribution is 5.93. The molecule has 1 aromatic heterocycles. The molecule has 0 bridgehead atoms. The second kappa shape index (κ2) is 14.5. The van der Waals surface area contributed by atoms with Crippen LogP contribution in [0.1, 0.15) is 44.9 Å². The highest BCUT2D eigenvalue weighted by atomic mass is 16.5. The predicted molar refractivity (Wildman–Crippen MR) is 147 cm³/mol. The summed E-state index contributed by atoms with van der Waals surface area (Å²) in [6.07, 6.45) is 4.16. The van der Waals surface area contributed by atoms with E-state index < -0.39 is 24.0 Å². The summed E-state index contributed by atoms with van der Waals surface area (Å²) in [7, 11) is 1.63. The number of carbonyl (C=O) groups excluding carboxylic acids is 3. The van der Waals surface area contributed by atoms with Crippen LogP contribution in [0.4, 0.5) is 0 Å². The van der Waals surface area contributed by atoms with Crippen LogP contribution in [-0.4, -0.2) is 72.5 Å². The number of fused-ring (bicyclic) bond motifs is 1. The summed E-state index contributed by atoms with van der Waals surface area (Å²) >= 11 is 0. The number of amides is 3. The average Bonchev–Trinajstić information content (AvgIpc) is 2.94. The van der Waals surface area contributed by atoms with E-state index in [4.69, 9.17) is 4.74 Å². The molecule has 0 saturated heterocycles. The van der Waals surface area contributed by atoms with Gasteiger partial charge in [-0.3, -0.25) is 19.4 Å². The molecule has 3 amide bonds. The van der Waals surface area contributed by atoms with Gasteiger partial charge in [-0.25, -0.2) is 0 Å². The fraction of sp³-hybridized carbons (Fsp3) is 0.517. The summed E-state index contributed by atoms with van der Waals surface area (Å²) in [6.45, 7) is 7.08. The van der Waals surface area contributed by atoms with Crippen molar-refractivity contribution in [2.24, 2.45) is 5.92 Å². The van der Waals surface area contributed by atoms with Gasteiger partial charge in [-0.15, -0.1) is 0 Å². The highest BCUT2D eigenvalue weighted by Crippen LogP contribution is 2.19. The normalized spacial score (nSPS) is 23.2. The fourth-order valence-corrected chi connectivity index (χ4v) is 4.42. The third-order valence-corrected chi connectivity index (χ3v) is 7.18. The molecule has 1 aromatic carbocycles. The molecule has 1 aliphatic rings. The Balaban J connectivity index is 1.85. The van der Waals surface area contributed by atoms with E-state index >= 15 is 0 Å². The summed E-state index contributed by atoms with van der Waals surface area (Å²) in [4.78, 5) is 45.7. The van der Waals surface area contributed by atoms with Gasteiger partial charge >= 0.3 is 0 Å². The number of ether oxygens (including phenoxy) is 1. The molecule has 4 atom stereocenters. The molecule has 0 saturated carbocycles. The van der Waals surface area contributed by atoms with Crippen molar-refractivity contribution in [3.63, 3.8) is 0 Å². The summed E-state index contributed by atoms with van der Waals surface area (Å²) < 4.78 is 6.05. The Bertz CT molecular complexity index is 1060. The number of hydrogen-bond acceptors (Lipinski definition) is 6. The van der Waals surface area contributed by atoms with Crippen molar-refractivity contribution >= 4 is 17.7 Å². The van der Waals surface area contributed by atoms with Crippen molar-refractivity contribution in [2.75, 3.05) is 26.7 Å². The van der Waals surface area contributed by atoms with Gasteiger partial charge in [-0.05, 0) is 49.4 Å². The van der Waals surface area contributed by atoms with E-state index in [0.29, 0.717) is 25.4 Å². The lowest BCUT2D eigenvalue weighted by atomic mass is 9.97. The van der Waals surface area contributed by atoms with Crippen molar-refractivity contribution in [2.45, 2.75) is 64.6 Å². The van der Waals surface area contributed by atoms with Crippen LogP contribution < -0.4 is 20.7 Å². The Hall–Kier alpha value is -3.46. The molecular formula is C29H41N5O4. The molecule has 206 valence electrons. The molecule has 0 aliphatic carbocycles. The Labute approximate surface area is 225 Å². The summed E-state index contributed by atoms with van der Waals surface area (Å²) in [6, 6.07) is 11.3. The maximum atomic E-state index is 13.5. The van der Waals surface area contributed by atoms with Gasteiger partial charge in [-0.2, -0.15) is 0 Å². The molecule has 38 heavy (non-hydrogen) atoms. The minimum absolute atomic E-state index is 0.0563. The number of carbonyl (C=O) groups is 3. The quantitative estimate of drug-likeness (QED) is 0.566. The number of aromatic nitrogens is 1. The molecule has 0 radical (unpaired) electrons. The van der Waals surface area contributed by atoms with Crippen LogP contribution >= 0.6 is 0 Å². The number of aryl methyl sites for hydroxylation is 1. The van der Waals surface area contributed by atoms with Gasteiger partial charge in [0.1, 0.15) is 24.4 Å². The van der Waals surface area contributed by atoms with E-state index in [-0.39, 0.29) is 24.2 Å². The van der Waals surface area contributed by atoms with Crippen LogP contribution in [-0.2, 0) is 27.2 Å². The van der Waals surface area contributed by atoms with Gasteiger partial charge < -0.3 is 25.6 Å². The minimum atomic E-state index is -0.818. The van der Waals surface area contributed by atoms with Crippen LogP contribution in [0.2, 0.25) is 0 Å². The molecule has 3 rings (SSSR count). The zero-order valence-electron chi connectivity index (χ0n) is 22.9. The van der Waals surface area contributed by atoms with E-state index in [0.717, 1.165) is 30.6 Å². The first-order valence-corrected chi connectivity index (χ1v) is 13.5. The fourth-order valence-electron chi connectivity index (χ4n) is 4.42. The Morgan fingerprint density at radius 3 is 2.58 bits per heavy atom. The molecule has 1 aliphatic heterocycles. The van der Waals surface area contributed by atoms with Crippen LogP contribution in [0, 0.1) is 5.92 Å². The first-order chi connectivity index (χ1) is 18.3. The first-order valence-electron chi connectivity index (χ1n) is 13.5. The van der Waals surface area contributed by atoms with Crippen LogP contribution in [0.3, 0.4) is 0 Å². The van der Waals surface area contributed by atoms with E-state index in [9.17, 15) is 14.4 Å². The molecule has 0 spiro atoms. The number of benzene rings is 1. The van der Waals surface area contributed by atoms with Crippen molar-refractivity contribution in [3.8, 4) is 5.75 Å². The SMILES string of the molecule is CC[C@H](C)[C@@H]1NCCOc2ccccc2CCCNC(=O)[C@@H](Cc2ccccn2)NC(=O)[C@@H](C)N(C)C1=O. The van der Waals surface area contributed by atoms with Crippen molar-refractivity contribution in [1.29, 1.82) is 0 Å². The molecule has 2 heterocycles. The zero-order valence-corrected chi connectivity index (χ0v) is 22.9. The molecule has 9 nitrogen and oxygen atoms in total. The van der Waals surface area contributed by atoms with Gasteiger partial charge in [0.2, 0.25) is 17.7 Å². The predicted octanol–water partition coefficient (Wildman–Crippen LogP) is 2.10. The molecule has 3 N–H and O–H groups in total. The monoisotopic (exact) mass is 523 g/mol. The lowest BCUT2D eigenvalue weighted by Crippen LogP contribution is -2.57. The topological polar surface area (TPSA) is 113 Å². The number of nitrogens with zero attached hydrogens (tertiary/aromatic N) is 2. The lowest BCUT2D eigenvalue weighted by Gasteiger charge is -2.32. The molecule has 9 heteroatoms. The van der Waals surface area contributed by atoms with Gasteiger partial charge in [0.05, 0.1) is 6.04 Å². The lowest BCUT2D eigenvalue weighted by molar-refractivity contribution is -0.141. The molecule has 2 aromatic rings. The van der Waals surface area contributed by atoms with Gasteiger partial charge in [0, 0.05) is 38.4 Å². The third-order valence-electron chi connectivity index (χ3n) is 7.18. The number of rotatable bonds is 4. The number of hydrogen-bond donors (Lipinski definition) is 3. The van der Waals surface area contributed by atoms with Crippen molar-refractivity contribution in [3.05, 3.63) is 59.9 Å². The van der Waals surface area contributed by atoms with E-state index in [1.807, 2.05) is 50.2 Å². The molecule has 0 unspecified atom stereocenters. The van der Waals surface area contributed by atoms with Gasteiger partial charge in [0.15, 0.2) is 0 Å². The largest absolute Gasteiger partial charge is 0.492 e. The van der Waals surface area contributed by atoms with E-state index in [1.165, 1.54) is 4.90 Å². The second-order valence-corrected chi connectivity index (χ2v) is 9.88. The Morgan fingerprint density at radius 2 is 1.84 bits per heavy atom. The first kappa shape index (κ1) is 29.1. The smallest absolute Gasteiger partial charge is 0.243 e. The van der Waals surface area contributed by atoms with Crippen LogP contribution in [0.15, 0.2) is 48.7 Å². The zero-order chi connectivity index (χ0) is 27.5. The summed E-state index contributed by atoms with van der Waals surface area (Å²) in [5.74, 6) is 0.0161. The number of likely N-dealkylation sites (N-methyl/N-ethyl adjacent to an activating group) is 1. The average molecular weight is 524 g/mol. The number of nitrogens with one attached hydrogen (secondary N) is 3. The maximum absolute atomic E-state index is 13.5. The molecular weight excluding hydrogens is 482 g/mol. The van der Waals surface area contributed by atoms with Gasteiger partial charge in [-0.1, -0.05) is 44.5 Å². The number of para-hydroxylation sites is 1. The third kappa shape index (κ3) is 8.02. The maximum Gasteiger partial charge on any atom is 0.243 e. The van der Waals surface area contributed by atoms with Gasteiger partial charge in [0.25, 0.3) is 0 Å². The van der Waals surface area contributed by atoms with E-state index in [1.54, 1.807) is 26.2 Å². The Kier molecular flexibility index (Phi) is 11.1. The molecule has 0 fully saturated rings. The highest BCUT2D eigenvalue weighted by Gasteiger charge is 2.32. The van der Waals surface area contributed by atoms with Crippen LogP contribution in [0.25, 0.3) is 0 Å². The summed E-state index contributed by atoms with van der Waals surface area (Å²) in [5, 5.41) is 9.18. The minimum Gasteiger partial charge on any atom is -0.492 e. The van der Waals surface area contributed by atoms with Crippen molar-refractivity contribution < 1.29 is 19.1 Å². The van der Waals surface area contributed by atoms with E-state index in [2.05, 4.69) is 20.9 Å². The standard InChI is InChI=1S/C29H41N5O4/c1-5-20(2)26-29(37)34(4)21(3)27(35)33-24(19-23-13-8-9-15-30-23)28(36)32-16-10-12-22-11-6-7-14-25(22)38-18-17-31-26/h6-9,11,13-15,20-21,24,26,31H,5,10,12,16-19H2,1-4H3,(H,32,36)(H,33,35)/t20-,21+,24+,26-/m0/s1. The second-order valence-electron chi connectivity index (χ2n) is 9.88. The summed E-state index contributed by atoms with van der Waals surface area (Å²) in [5.41, 5.74) is 1.75. The Morgan fingerprint density at radius 1 is 1.08 bits per heavy atom. The number of pyridine rings is 1. The van der Waals surface area contributed by atoms with Crippen LogP contribution in [0.5, 0.6) is 5.75 Å².